The molecule has 1 atom stereocenters. The topological polar surface area (TPSA) is 45.5 Å². The van der Waals surface area contributed by atoms with Crippen LogP contribution in [0.3, 0.4) is 0 Å². The standard InChI is InChI=1S/C19H17BrN2O2S/c20-18-8-7-16(24-18)19(23)21-12-15(17-6-3-11-25-17)22-10-9-13-4-1-2-5-14(13)22/h1-8,11,15H,9-10,12H2,(H,21,23)/t15-/m1/s1. The van der Waals surface area contributed by atoms with E-state index in [9.17, 15) is 4.79 Å². The van der Waals surface area contributed by atoms with E-state index in [0.717, 1.165) is 13.0 Å². The summed E-state index contributed by atoms with van der Waals surface area (Å²) in [4.78, 5) is 16.0. The molecule has 128 valence electrons. The van der Waals surface area contributed by atoms with Crippen molar-refractivity contribution in [2.24, 2.45) is 0 Å². The van der Waals surface area contributed by atoms with Crippen molar-refractivity contribution in [1.82, 2.24) is 5.32 Å². The van der Waals surface area contributed by atoms with Crippen molar-refractivity contribution in [1.29, 1.82) is 0 Å². The van der Waals surface area contributed by atoms with Gasteiger partial charge in [-0.3, -0.25) is 4.79 Å². The second-order valence-electron chi connectivity index (χ2n) is 5.92. The highest BCUT2D eigenvalue weighted by atomic mass is 79.9. The van der Waals surface area contributed by atoms with Crippen molar-refractivity contribution >= 4 is 38.9 Å². The lowest BCUT2D eigenvalue weighted by Gasteiger charge is -2.30. The van der Waals surface area contributed by atoms with E-state index in [1.165, 1.54) is 16.1 Å². The number of furan rings is 1. The highest BCUT2D eigenvalue weighted by molar-refractivity contribution is 9.10. The SMILES string of the molecule is O=C(NC[C@H](c1cccs1)N1CCc2ccccc21)c1ccc(Br)o1. The van der Waals surface area contributed by atoms with E-state index in [0.29, 0.717) is 17.0 Å². The molecule has 0 bridgehead atoms. The van der Waals surface area contributed by atoms with Crippen molar-refractivity contribution in [3.05, 3.63) is 74.8 Å². The van der Waals surface area contributed by atoms with Crippen LogP contribution in [-0.2, 0) is 6.42 Å². The molecule has 25 heavy (non-hydrogen) atoms. The first-order valence-electron chi connectivity index (χ1n) is 8.14. The Labute approximate surface area is 158 Å². The Morgan fingerprint density at radius 2 is 2.12 bits per heavy atom. The van der Waals surface area contributed by atoms with Gasteiger partial charge in [0.2, 0.25) is 0 Å². The minimum atomic E-state index is -0.195. The zero-order valence-corrected chi connectivity index (χ0v) is 15.8. The minimum absolute atomic E-state index is 0.117. The molecule has 1 aliphatic heterocycles. The van der Waals surface area contributed by atoms with E-state index in [1.54, 1.807) is 23.5 Å². The molecule has 0 aliphatic carbocycles. The summed E-state index contributed by atoms with van der Waals surface area (Å²) >= 11 is 4.95. The fourth-order valence-corrected chi connectivity index (χ4v) is 4.39. The molecule has 1 aromatic carbocycles. The van der Waals surface area contributed by atoms with Gasteiger partial charge < -0.3 is 14.6 Å². The highest BCUT2D eigenvalue weighted by Gasteiger charge is 2.28. The van der Waals surface area contributed by atoms with E-state index in [2.05, 4.69) is 67.9 Å². The van der Waals surface area contributed by atoms with E-state index in [4.69, 9.17) is 4.42 Å². The van der Waals surface area contributed by atoms with Crippen LogP contribution in [0.2, 0.25) is 0 Å². The van der Waals surface area contributed by atoms with Gasteiger partial charge in [0.1, 0.15) is 0 Å². The molecule has 2 aromatic heterocycles. The number of carbonyl (C=O) groups excluding carboxylic acids is 1. The Kier molecular flexibility index (Phi) is 4.63. The monoisotopic (exact) mass is 416 g/mol. The normalized spacial score (nSPS) is 14.4. The molecular weight excluding hydrogens is 400 g/mol. The lowest BCUT2D eigenvalue weighted by molar-refractivity contribution is 0.0922. The average molecular weight is 417 g/mol. The van der Waals surface area contributed by atoms with E-state index in [-0.39, 0.29) is 11.9 Å². The fraction of sp³-hybridized carbons (Fsp3) is 0.211. The third-order valence-electron chi connectivity index (χ3n) is 4.42. The molecule has 4 rings (SSSR count). The minimum Gasteiger partial charge on any atom is -0.444 e. The number of rotatable bonds is 5. The van der Waals surface area contributed by atoms with Crippen molar-refractivity contribution in [3.8, 4) is 0 Å². The Morgan fingerprint density at radius 3 is 2.88 bits per heavy atom. The maximum Gasteiger partial charge on any atom is 0.287 e. The zero-order valence-electron chi connectivity index (χ0n) is 13.4. The molecule has 0 spiro atoms. The number of anilines is 1. The molecule has 3 aromatic rings. The predicted molar refractivity (Wildman–Crippen MR) is 103 cm³/mol. The fourth-order valence-electron chi connectivity index (χ4n) is 3.25. The number of nitrogens with one attached hydrogen (secondary N) is 1. The lowest BCUT2D eigenvalue weighted by atomic mass is 10.1. The summed E-state index contributed by atoms with van der Waals surface area (Å²) in [6, 6.07) is 16.2. The molecule has 0 saturated carbocycles. The van der Waals surface area contributed by atoms with Gasteiger partial charge in [-0.15, -0.1) is 11.3 Å². The number of fused-ring (bicyclic) bond motifs is 1. The van der Waals surface area contributed by atoms with Crippen LogP contribution in [0.1, 0.15) is 27.0 Å². The second-order valence-corrected chi connectivity index (χ2v) is 7.68. The molecule has 1 amide bonds. The Bertz CT molecular complexity index is 875. The molecule has 0 radical (unpaired) electrons. The zero-order chi connectivity index (χ0) is 17.2. The Hall–Kier alpha value is -2.05. The molecule has 0 unspecified atom stereocenters. The van der Waals surface area contributed by atoms with Gasteiger partial charge in [0.25, 0.3) is 5.91 Å². The van der Waals surface area contributed by atoms with Gasteiger partial charge in [-0.25, -0.2) is 0 Å². The van der Waals surface area contributed by atoms with Gasteiger partial charge in [-0.05, 0) is 57.6 Å². The van der Waals surface area contributed by atoms with Crippen LogP contribution in [0, 0.1) is 0 Å². The Balaban J connectivity index is 1.55. The van der Waals surface area contributed by atoms with Gasteiger partial charge >= 0.3 is 0 Å². The van der Waals surface area contributed by atoms with Gasteiger partial charge in [0, 0.05) is 23.7 Å². The molecule has 1 aliphatic rings. The number of hydrogen-bond acceptors (Lipinski definition) is 4. The first-order valence-corrected chi connectivity index (χ1v) is 9.81. The summed E-state index contributed by atoms with van der Waals surface area (Å²) in [6.45, 7) is 1.50. The summed E-state index contributed by atoms with van der Waals surface area (Å²) in [5, 5.41) is 5.10. The van der Waals surface area contributed by atoms with Crippen LogP contribution < -0.4 is 10.2 Å². The molecule has 6 heteroatoms. The molecule has 1 N–H and O–H groups in total. The highest BCUT2D eigenvalue weighted by Crippen LogP contribution is 2.36. The number of para-hydroxylation sites is 1. The quantitative estimate of drug-likeness (QED) is 0.658. The average Bonchev–Trinajstić information content (AvgIpc) is 3.36. The molecule has 0 fully saturated rings. The largest absolute Gasteiger partial charge is 0.444 e. The van der Waals surface area contributed by atoms with Gasteiger partial charge in [0.15, 0.2) is 10.4 Å². The van der Waals surface area contributed by atoms with Gasteiger partial charge in [-0.1, -0.05) is 24.3 Å². The van der Waals surface area contributed by atoms with Crippen molar-refractivity contribution in [2.45, 2.75) is 12.5 Å². The van der Waals surface area contributed by atoms with Crippen LogP contribution in [0.4, 0.5) is 5.69 Å². The number of carbonyl (C=O) groups is 1. The number of hydrogen-bond donors (Lipinski definition) is 1. The van der Waals surface area contributed by atoms with E-state index >= 15 is 0 Å². The molecule has 3 heterocycles. The van der Waals surface area contributed by atoms with E-state index < -0.39 is 0 Å². The predicted octanol–water partition coefficient (Wildman–Crippen LogP) is 4.64. The molecule has 4 nitrogen and oxygen atoms in total. The summed E-state index contributed by atoms with van der Waals surface area (Å²) in [6.07, 6.45) is 1.04. The number of benzene rings is 1. The number of halogens is 1. The second kappa shape index (κ2) is 7.06. The van der Waals surface area contributed by atoms with Crippen molar-refractivity contribution in [2.75, 3.05) is 18.0 Å². The van der Waals surface area contributed by atoms with E-state index in [1.807, 2.05) is 0 Å². The first-order chi connectivity index (χ1) is 12.2. The summed E-state index contributed by atoms with van der Waals surface area (Å²) in [5.74, 6) is 0.123. The molecular formula is C19H17BrN2O2S. The molecule has 0 saturated heterocycles. The van der Waals surface area contributed by atoms with Crippen LogP contribution in [0.5, 0.6) is 0 Å². The number of nitrogens with zero attached hydrogens (tertiary/aromatic N) is 1. The van der Waals surface area contributed by atoms with Gasteiger partial charge in [-0.2, -0.15) is 0 Å². The van der Waals surface area contributed by atoms with Crippen molar-refractivity contribution < 1.29 is 9.21 Å². The van der Waals surface area contributed by atoms with Crippen LogP contribution in [0.15, 0.2) is 63.0 Å². The van der Waals surface area contributed by atoms with Crippen LogP contribution in [-0.4, -0.2) is 19.0 Å². The third-order valence-corrected chi connectivity index (χ3v) is 5.82. The lowest BCUT2D eigenvalue weighted by Crippen LogP contribution is -2.37. The number of thiophene rings is 1. The van der Waals surface area contributed by atoms with Crippen LogP contribution in [0.25, 0.3) is 0 Å². The Morgan fingerprint density at radius 1 is 1.24 bits per heavy atom. The maximum atomic E-state index is 12.4. The summed E-state index contributed by atoms with van der Waals surface area (Å²) in [5.41, 5.74) is 2.63. The number of amides is 1. The van der Waals surface area contributed by atoms with Crippen molar-refractivity contribution in [3.63, 3.8) is 0 Å². The smallest absolute Gasteiger partial charge is 0.287 e. The first kappa shape index (κ1) is 16.4. The van der Waals surface area contributed by atoms with Crippen LogP contribution >= 0.6 is 27.3 Å². The van der Waals surface area contributed by atoms with Gasteiger partial charge in [0.05, 0.1) is 6.04 Å². The summed E-state index contributed by atoms with van der Waals surface area (Å²) in [7, 11) is 0. The third kappa shape index (κ3) is 3.37. The maximum absolute atomic E-state index is 12.4. The summed E-state index contributed by atoms with van der Waals surface area (Å²) < 4.78 is 5.90.